The minimum absolute atomic E-state index is 0.0198. The normalized spacial score (nSPS) is 10.2. The van der Waals surface area contributed by atoms with Crippen LogP contribution in [0.2, 0.25) is 0 Å². The van der Waals surface area contributed by atoms with E-state index in [0.717, 1.165) is 16.8 Å². The SMILES string of the molecule is COCc1cc(C)ncc1CO. The summed E-state index contributed by atoms with van der Waals surface area (Å²) in [6.07, 6.45) is 1.68. The summed E-state index contributed by atoms with van der Waals surface area (Å²) in [5, 5.41) is 8.94. The van der Waals surface area contributed by atoms with Crippen molar-refractivity contribution in [1.82, 2.24) is 4.98 Å². The lowest BCUT2D eigenvalue weighted by Gasteiger charge is -2.05. The van der Waals surface area contributed by atoms with Gasteiger partial charge < -0.3 is 9.84 Å². The standard InChI is InChI=1S/C9H13NO2/c1-7-3-8(6-12-2)9(5-11)4-10-7/h3-4,11H,5-6H2,1-2H3. The predicted octanol–water partition coefficient (Wildman–Crippen LogP) is 1.03. The van der Waals surface area contributed by atoms with Crippen LogP contribution in [0.3, 0.4) is 0 Å². The van der Waals surface area contributed by atoms with E-state index in [2.05, 4.69) is 4.98 Å². The van der Waals surface area contributed by atoms with Crippen LogP contribution in [0, 0.1) is 6.92 Å². The first kappa shape index (κ1) is 9.16. The minimum atomic E-state index is 0.0198. The van der Waals surface area contributed by atoms with Gasteiger partial charge in [0.25, 0.3) is 0 Å². The van der Waals surface area contributed by atoms with Gasteiger partial charge in [0.05, 0.1) is 13.2 Å². The highest BCUT2D eigenvalue weighted by molar-refractivity contribution is 5.24. The molecule has 0 unspecified atom stereocenters. The third-order valence-electron chi connectivity index (χ3n) is 1.69. The lowest BCUT2D eigenvalue weighted by molar-refractivity contribution is 0.181. The predicted molar refractivity (Wildman–Crippen MR) is 45.6 cm³/mol. The summed E-state index contributed by atoms with van der Waals surface area (Å²) in [4.78, 5) is 4.08. The third kappa shape index (κ3) is 2.03. The van der Waals surface area contributed by atoms with E-state index in [0.29, 0.717) is 6.61 Å². The summed E-state index contributed by atoms with van der Waals surface area (Å²) in [5.74, 6) is 0. The number of nitrogens with zero attached hydrogens (tertiary/aromatic N) is 1. The van der Waals surface area contributed by atoms with Gasteiger partial charge in [-0.05, 0) is 18.6 Å². The third-order valence-corrected chi connectivity index (χ3v) is 1.69. The number of ether oxygens (including phenoxy) is 1. The van der Waals surface area contributed by atoms with E-state index in [9.17, 15) is 0 Å². The molecule has 0 saturated heterocycles. The van der Waals surface area contributed by atoms with E-state index in [-0.39, 0.29) is 6.61 Å². The van der Waals surface area contributed by atoms with E-state index in [1.165, 1.54) is 0 Å². The number of aryl methyl sites for hydroxylation is 1. The number of pyridine rings is 1. The van der Waals surface area contributed by atoms with Crippen LogP contribution in [0.5, 0.6) is 0 Å². The molecule has 0 radical (unpaired) electrons. The quantitative estimate of drug-likeness (QED) is 0.731. The van der Waals surface area contributed by atoms with Gasteiger partial charge in [-0.2, -0.15) is 0 Å². The Kier molecular flexibility index (Phi) is 3.19. The maximum absolute atomic E-state index is 8.94. The topological polar surface area (TPSA) is 42.4 Å². The zero-order chi connectivity index (χ0) is 8.97. The van der Waals surface area contributed by atoms with Gasteiger partial charge in [0.1, 0.15) is 0 Å². The van der Waals surface area contributed by atoms with Crippen molar-refractivity contribution in [2.75, 3.05) is 7.11 Å². The van der Waals surface area contributed by atoms with E-state index < -0.39 is 0 Å². The summed E-state index contributed by atoms with van der Waals surface area (Å²) in [7, 11) is 1.64. The Labute approximate surface area is 72.0 Å². The van der Waals surface area contributed by atoms with E-state index in [1.54, 1.807) is 13.3 Å². The van der Waals surface area contributed by atoms with Gasteiger partial charge in [-0.1, -0.05) is 0 Å². The van der Waals surface area contributed by atoms with Crippen LogP contribution in [0.25, 0.3) is 0 Å². The number of rotatable bonds is 3. The average molecular weight is 167 g/mol. The number of methoxy groups -OCH3 is 1. The zero-order valence-corrected chi connectivity index (χ0v) is 7.37. The molecule has 0 spiro atoms. The summed E-state index contributed by atoms with van der Waals surface area (Å²) in [6.45, 7) is 2.46. The molecule has 1 rings (SSSR count). The number of aliphatic hydroxyl groups excluding tert-OH is 1. The van der Waals surface area contributed by atoms with Crippen LogP contribution < -0.4 is 0 Å². The fourth-order valence-electron chi connectivity index (χ4n) is 1.08. The molecule has 0 fully saturated rings. The average Bonchev–Trinajstić information content (AvgIpc) is 2.05. The first-order chi connectivity index (χ1) is 5.77. The molecule has 0 bridgehead atoms. The van der Waals surface area contributed by atoms with Crippen LogP contribution in [-0.2, 0) is 18.0 Å². The smallest absolute Gasteiger partial charge is 0.0717 e. The maximum Gasteiger partial charge on any atom is 0.0717 e. The van der Waals surface area contributed by atoms with Gasteiger partial charge >= 0.3 is 0 Å². The Morgan fingerprint density at radius 1 is 1.50 bits per heavy atom. The molecule has 0 aliphatic rings. The number of hydrogen-bond donors (Lipinski definition) is 1. The van der Waals surface area contributed by atoms with Crippen molar-refractivity contribution in [1.29, 1.82) is 0 Å². The summed E-state index contributed by atoms with van der Waals surface area (Å²) in [5.41, 5.74) is 2.79. The van der Waals surface area contributed by atoms with Crippen LogP contribution >= 0.6 is 0 Å². The Balaban J connectivity index is 2.95. The summed E-state index contributed by atoms with van der Waals surface area (Å²) >= 11 is 0. The van der Waals surface area contributed by atoms with E-state index in [1.807, 2.05) is 13.0 Å². The highest BCUT2D eigenvalue weighted by Crippen LogP contribution is 2.10. The van der Waals surface area contributed by atoms with Crippen molar-refractivity contribution in [3.05, 3.63) is 29.1 Å². The van der Waals surface area contributed by atoms with Crippen molar-refractivity contribution >= 4 is 0 Å². The van der Waals surface area contributed by atoms with Gasteiger partial charge in [-0.15, -0.1) is 0 Å². The Bertz CT molecular complexity index is 261. The van der Waals surface area contributed by atoms with Gasteiger partial charge in [-0.3, -0.25) is 4.98 Å². The Morgan fingerprint density at radius 3 is 2.83 bits per heavy atom. The van der Waals surface area contributed by atoms with E-state index in [4.69, 9.17) is 9.84 Å². The monoisotopic (exact) mass is 167 g/mol. The van der Waals surface area contributed by atoms with Crippen LogP contribution in [0.15, 0.2) is 12.3 Å². The van der Waals surface area contributed by atoms with Gasteiger partial charge in [0.15, 0.2) is 0 Å². The molecule has 1 heterocycles. The number of aromatic nitrogens is 1. The van der Waals surface area contributed by atoms with Crippen LogP contribution in [-0.4, -0.2) is 17.2 Å². The second-order valence-electron chi connectivity index (χ2n) is 2.69. The fourth-order valence-corrected chi connectivity index (χ4v) is 1.08. The molecule has 0 amide bonds. The van der Waals surface area contributed by atoms with Gasteiger partial charge in [0.2, 0.25) is 0 Å². The lowest BCUT2D eigenvalue weighted by Crippen LogP contribution is -1.98. The second-order valence-corrected chi connectivity index (χ2v) is 2.69. The first-order valence-corrected chi connectivity index (χ1v) is 3.82. The Hall–Kier alpha value is -0.930. The molecule has 12 heavy (non-hydrogen) atoms. The van der Waals surface area contributed by atoms with Crippen LogP contribution in [0.1, 0.15) is 16.8 Å². The molecule has 3 heteroatoms. The largest absolute Gasteiger partial charge is 0.392 e. The van der Waals surface area contributed by atoms with Crippen molar-refractivity contribution in [2.24, 2.45) is 0 Å². The molecule has 0 aliphatic heterocycles. The van der Waals surface area contributed by atoms with E-state index >= 15 is 0 Å². The van der Waals surface area contributed by atoms with Crippen molar-refractivity contribution in [3.8, 4) is 0 Å². The van der Waals surface area contributed by atoms with Crippen molar-refractivity contribution < 1.29 is 9.84 Å². The molecule has 1 aromatic rings. The Morgan fingerprint density at radius 2 is 2.25 bits per heavy atom. The van der Waals surface area contributed by atoms with Crippen LogP contribution in [0.4, 0.5) is 0 Å². The van der Waals surface area contributed by atoms with Gasteiger partial charge in [-0.25, -0.2) is 0 Å². The number of hydrogen-bond acceptors (Lipinski definition) is 3. The molecule has 3 nitrogen and oxygen atoms in total. The molecular weight excluding hydrogens is 154 g/mol. The molecule has 0 saturated carbocycles. The summed E-state index contributed by atoms with van der Waals surface area (Å²) < 4.78 is 4.99. The lowest BCUT2D eigenvalue weighted by atomic mass is 10.1. The highest BCUT2D eigenvalue weighted by atomic mass is 16.5. The number of aliphatic hydroxyl groups is 1. The fraction of sp³-hybridized carbons (Fsp3) is 0.444. The molecule has 0 aromatic carbocycles. The highest BCUT2D eigenvalue weighted by Gasteiger charge is 2.01. The van der Waals surface area contributed by atoms with Crippen molar-refractivity contribution in [2.45, 2.75) is 20.1 Å². The van der Waals surface area contributed by atoms with Gasteiger partial charge in [0, 0.05) is 24.6 Å². The molecule has 0 atom stereocenters. The molecule has 0 aliphatic carbocycles. The summed E-state index contributed by atoms with van der Waals surface area (Å²) in [6, 6.07) is 1.93. The zero-order valence-electron chi connectivity index (χ0n) is 7.37. The minimum Gasteiger partial charge on any atom is -0.392 e. The second kappa shape index (κ2) is 4.18. The first-order valence-electron chi connectivity index (χ1n) is 3.82. The molecular formula is C9H13NO2. The van der Waals surface area contributed by atoms with Crippen molar-refractivity contribution in [3.63, 3.8) is 0 Å². The molecule has 66 valence electrons. The maximum atomic E-state index is 8.94. The molecule has 1 aromatic heterocycles. The molecule has 1 N–H and O–H groups in total.